The lowest BCUT2D eigenvalue weighted by Crippen LogP contribution is -2.31. The molecule has 0 radical (unpaired) electrons. The molecule has 0 bridgehead atoms. The van der Waals surface area contributed by atoms with E-state index in [4.69, 9.17) is 4.42 Å². The average Bonchev–Trinajstić information content (AvgIpc) is 3.35. The maximum atomic E-state index is 13.1. The van der Waals surface area contributed by atoms with Crippen LogP contribution in [0.2, 0.25) is 0 Å². The van der Waals surface area contributed by atoms with Gasteiger partial charge in [0.1, 0.15) is 0 Å². The van der Waals surface area contributed by atoms with Crippen molar-refractivity contribution in [2.24, 2.45) is 0 Å². The third-order valence-corrected chi connectivity index (χ3v) is 6.33. The van der Waals surface area contributed by atoms with Crippen LogP contribution in [0.5, 0.6) is 0 Å². The standard InChI is InChI=1S/C18H17N3O3S/c22-25(23,15-8-6-14(7-9-15)18-12-19-13-24-18)21-11-3-5-17(21)16-4-1-2-10-20-16/h1-2,4,6-10,12-13,17H,3,5,11H2/t17-/m1/s1. The number of rotatable bonds is 4. The summed E-state index contributed by atoms with van der Waals surface area (Å²) in [4.78, 5) is 8.49. The van der Waals surface area contributed by atoms with Crippen molar-refractivity contribution >= 4 is 10.0 Å². The van der Waals surface area contributed by atoms with E-state index < -0.39 is 10.0 Å². The lowest BCUT2D eigenvalue weighted by Gasteiger charge is -2.23. The molecule has 25 heavy (non-hydrogen) atoms. The van der Waals surface area contributed by atoms with Crippen LogP contribution in [0.3, 0.4) is 0 Å². The van der Waals surface area contributed by atoms with Crippen molar-refractivity contribution in [1.29, 1.82) is 0 Å². The number of hydrogen-bond acceptors (Lipinski definition) is 5. The molecule has 0 aliphatic carbocycles. The van der Waals surface area contributed by atoms with Crippen molar-refractivity contribution in [2.45, 2.75) is 23.8 Å². The zero-order valence-corrected chi connectivity index (χ0v) is 14.3. The molecule has 3 aromatic rings. The summed E-state index contributed by atoms with van der Waals surface area (Å²) in [5.74, 6) is 0.608. The largest absolute Gasteiger partial charge is 0.444 e. The van der Waals surface area contributed by atoms with Crippen LogP contribution in [0.1, 0.15) is 24.6 Å². The molecular formula is C18H17N3O3S. The van der Waals surface area contributed by atoms with Crippen LogP contribution in [-0.4, -0.2) is 29.2 Å². The van der Waals surface area contributed by atoms with Crippen molar-refractivity contribution in [2.75, 3.05) is 6.54 Å². The van der Waals surface area contributed by atoms with Crippen LogP contribution < -0.4 is 0 Å². The van der Waals surface area contributed by atoms with Crippen molar-refractivity contribution in [3.8, 4) is 11.3 Å². The molecule has 3 heterocycles. The molecule has 1 aliphatic rings. The number of nitrogens with zero attached hydrogens (tertiary/aromatic N) is 3. The van der Waals surface area contributed by atoms with Gasteiger partial charge in [0, 0.05) is 18.3 Å². The van der Waals surface area contributed by atoms with Gasteiger partial charge in [-0.25, -0.2) is 13.4 Å². The monoisotopic (exact) mass is 355 g/mol. The number of oxazole rings is 1. The zero-order chi connectivity index (χ0) is 17.3. The molecule has 4 rings (SSSR count). The topological polar surface area (TPSA) is 76.3 Å². The van der Waals surface area contributed by atoms with Crippen LogP contribution in [0, 0.1) is 0 Å². The fraction of sp³-hybridized carbons (Fsp3) is 0.222. The fourth-order valence-electron chi connectivity index (χ4n) is 3.18. The predicted octanol–water partition coefficient (Wildman–Crippen LogP) is 3.26. The Morgan fingerprint density at radius 2 is 1.96 bits per heavy atom. The molecule has 1 aliphatic heterocycles. The first kappa shape index (κ1) is 16.0. The van der Waals surface area contributed by atoms with Crippen LogP contribution in [0.25, 0.3) is 11.3 Å². The number of hydrogen-bond donors (Lipinski definition) is 0. The minimum Gasteiger partial charge on any atom is -0.444 e. The van der Waals surface area contributed by atoms with Crippen molar-refractivity contribution in [3.63, 3.8) is 0 Å². The van der Waals surface area contributed by atoms with E-state index in [9.17, 15) is 8.42 Å². The molecule has 6 nitrogen and oxygen atoms in total. The molecule has 0 unspecified atom stereocenters. The Hall–Kier alpha value is -2.51. The first-order valence-corrected chi connectivity index (χ1v) is 9.52. The fourth-order valence-corrected chi connectivity index (χ4v) is 4.85. The Balaban J connectivity index is 1.64. The summed E-state index contributed by atoms with van der Waals surface area (Å²) in [6, 6.07) is 12.1. The van der Waals surface area contributed by atoms with E-state index in [2.05, 4.69) is 9.97 Å². The molecule has 7 heteroatoms. The summed E-state index contributed by atoms with van der Waals surface area (Å²) < 4.78 is 33.0. The predicted molar refractivity (Wildman–Crippen MR) is 92.0 cm³/mol. The highest BCUT2D eigenvalue weighted by Gasteiger charge is 2.36. The summed E-state index contributed by atoms with van der Waals surface area (Å²) in [6.07, 6.45) is 6.26. The van der Waals surface area contributed by atoms with Crippen molar-refractivity contribution in [3.05, 3.63) is 66.9 Å². The maximum absolute atomic E-state index is 13.1. The number of sulfonamides is 1. The quantitative estimate of drug-likeness (QED) is 0.718. The lowest BCUT2D eigenvalue weighted by atomic mass is 10.1. The van der Waals surface area contributed by atoms with Gasteiger partial charge in [0.25, 0.3) is 0 Å². The zero-order valence-electron chi connectivity index (χ0n) is 13.4. The van der Waals surface area contributed by atoms with Gasteiger partial charge in [-0.1, -0.05) is 6.07 Å². The van der Waals surface area contributed by atoms with E-state index >= 15 is 0 Å². The van der Waals surface area contributed by atoms with E-state index in [1.54, 1.807) is 41.0 Å². The van der Waals surface area contributed by atoms with Gasteiger partial charge in [0.15, 0.2) is 12.2 Å². The first-order valence-electron chi connectivity index (χ1n) is 8.08. The van der Waals surface area contributed by atoms with Gasteiger partial charge < -0.3 is 4.42 Å². The number of aromatic nitrogens is 2. The molecule has 1 saturated heterocycles. The van der Waals surface area contributed by atoms with E-state index in [1.807, 2.05) is 18.2 Å². The van der Waals surface area contributed by atoms with Gasteiger partial charge in [0.05, 0.1) is 22.8 Å². The van der Waals surface area contributed by atoms with Gasteiger partial charge in [-0.2, -0.15) is 4.31 Å². The molecule has 1 atom stereocenters. The number of benzene rings is 1. The highest BCUT2D eigenvalue weighted by Crippen LogP contribution is 2.35. The molecule has 0 amide bonds. The van der Waals surface area contributed by atoms with Crippen LogP contribution >= 0.6 is 0 Å². The Morgan fingerprint density at radius 1 is 1.12 bits per heavy atom. The average molecular weight is 355 g/mol. The van der Waals surface area contributed by atoms with Gasteiger partial charge in [-0.3, -0.25) is 4.98 Å². The Morgan fingerprint density at radius 3 is 2.64 bits per heavy atom. The van der Waals surface area contributed by atoms with Crippen LogP contribution in [0.15, 0.2) is 70.6 Å². The summed E-state index contributed by atoms with van der Waals surface area (Å²) in [7, 11) is -3.57. The van der Waals surface area contributed by atoms with E-state index in [1.165, 1.54) is 6.39 Å². The van der Waals surface area contributed by atoms with Crippen molar-refractivity contribution in [1.82, 2.24) is 14.3 Å². The normalized spacial score (nSPS) is 18.5. The van der Waals surface area contributed by atoms with Crippen molar-refractivity contribution < 1.29 is 12.8 Å². The molecule has 0 N–H and O–H groups in total. The molecule has 1 fully saturated rings. The second-order valence-electron chi connectivity index (χ2n) is 5.92. The van der Waals surface area contributed by atoms with E-state index in [0.29, 0.717) is 12.3 Å². The van der Waals surface area contributed by atoms with Crippen LogP contribution in [-0.2, 0) is 10.0 Å². The minimum absolute atomic E-state index is 0.208. The Labute approximate surface area is 146 Å². The summed E-state index contributed by atoms with van der Waals surface area (Å²) in [6.45, 7) is 0.507. The summed E-state index contributed by atoms with van der Waals surface area (Å²) in [5.41, 5.74) is 1.58. The van der Waals surface area contributed by atoms with Gasteiger partial charge in [0.2, 0.25) is 10.0 Å². The summed E-state index contributed by atoms with van der Waals surface area (Å²) in [5, 5.41) is 0. The molecular weight excluding hydrogens is 338 g/mol. The van der Waals surface area contributed by atoms with Crippen LogP contribution in [0.4, 0.5) is 0 Å². The minimum atomic E-state index is -3.57. The molecule has 0 saturated carbocycles. The third kappa shape index (κ3) is 2.96. The third-order valence-electron chi connectivity index (χ3n) is 4.41. The van der Waals surface area contributed by atoms with Gasteiger partial charge in [-0.05, 0) is 49.2 Å². The second kappa shape index (κ2) is 6.42. The Bertz CT molecular complexity index is 939. The molecule has 0 spiro atoms. The van der Waals surface area contributed by atoms with Gasteiger partial charge >= 0.3 is 0 Å². The Kier molecular flexibility index (Phi) is 4.10. The summed E-state index contributed by atoms with van der Waals surface area (Å²) >= 11 is 0. The van der Waals surface area contributed by atoms with E-state index in [0.717, 1.165) is 24.1 Å². The molecule has 1 aromatic carbocycles. The van der Waals surface area contributed by atoms with Gasteiger partial charge in [-0.15, -0.1) is 0 Å². The van der Waals surface area contributed by atoms with E-state index in [-0.39, 0.29) is 10.9 Å². The second-order valence-corrected chi connectivity index (χ2v) is 7.81. The lowest BCUT2D eigenvalue weighted by molar-refractivity contribution is 0.390. The maximum Gasteiger partial charge on any atom is 0.243 e. The highest BCUT2D eigenvalue weighted by molar-refractivity contribution is 7.89. The first-order chi connectivity index (χ1) is 12.2. The highest BCUT2D eigenvalue weighted by atomic mass is 32.2. The SMILES string of the molecule is O=S(=O)(c1ccc(-c2cnco2)cc1)N1CCC[C@@H]1c1ccccn1. The molecule has 2 aromatic heterocycles. The smallest absolute Gasteiger partial charge is 0.243 e. The molecule has 128 valence electrons. The number of pyridine rings is 1.